The zero-order valence-corrected chi connectivity index (χ0v) is 13.5. The number of aromatic nitrogens is 2. The first-order valence-corrected chi connectivity index (χ1v) is 8.77. The summed E-state index contributed by atoms with van der Waals surface area (Å²) in [5, 5.41) is 4.27. The van der Waals surface area contributed by atoms with Gasteiger partial charge in [0.1, 0.15) is 0 Å². The molecule has 2 aliphatic heterocycles. The van der Waals surface area contributed by atoms with Crippen LogP contribution >= 0.6 is 0 Å². The Balaban J connectivity index is 1.34. The highest BCUT2D eigenvalue weighted by Gasteiger charge is 2.28. The highest BCUT2D eigenvalue weighted by molar-refractivity contribution is 4.83. The number of piperidine rings is 1. The number of aryl methyl sites for hydroxylation is 1. The third-order valence-electron chi connectivity index (χ3n) is 5.45. The van der Waals surface area contributed by atoms with Crippen molar-refractivity contribution in [1.29, 1.82) is 0 Å². The van der Waals surface area contributed by atoms with E-state index in [1.54, 1.807) is 0 Å². The van der Waals surface area contributed by atoms with Crippen LogP contribution in [0.4, 0.5) is 0 Å². The van der Waals surface area contributed by atoms with Gasteiger partial charge in [0, 0.05) is 25.0 Å². The van der Waals surface area contributed by atoms with E-state index < -0.39 is 0 Å². The summed E-state index contributed by atoms with van der Waals surface area (Å²) in [6.45, 7) is 10.0. The van der Waals surface area contributed by atoms with E-state index in [-0.39, 0.29) is 0 Å². The molecule has 4 heteroatoms. The Morgan fingerprint density at radius 1 is 1.10 bits per heavy atom. The molecule has 0 spiro atoms. The van der Waals surface area contributed by atoms with Gasteiger partial charge in [-0.1, -0.05) is 0 Å². The molecule has 1 aromatic heterocycles. The Morgan fingerprint density at radius 2 is 1.86 bits per heavy atom. The van der Waals surface area contributed by atoms with E-state index >= 15 is 0 Å². The molecule has 2 aliphatic rings. The SMILES string of the molecule is C[C@H](C1CCN(CCCn2cccn2)CC1)N1CCCC1. The van der Waals surface area contributed by atoms with Gasteiger partial charge >= 0.3 is 0 Å². The summed E-state index contributed by atoms with van der Waals surface area (Å²) in [6, 6.07) is 2.81. The van der Waals surface area contributed by atoms with Gasteiger partial charge in [-0.2, -0.15) is 5.10 Å². The Labute approximate surface area is 129 Å². The van der Waals surface area contributed by atoms with Crippen LogP contribution in [0, 0.1) is 5.92 Å². The molecule has 2 saturated heterocycles. The highest BCUT2D eigenvalue weighted by Crippen LogP contribution is 2.26. The summed E-state index contributed by atoms with van der Waals surface area (Å²) in [6.07, 6.45) is 10.7. The van der Waals surface area contributed by atoms with Crippen molar-refractivity contribution in [3.8, 4) is 0 Å². The zero-order valence-electron chi connectivity index (χ0n) is 13.5. The summed E-state index contributed by atoms with van der Waals surface area (Å²) in [7, 11) is 0. The van der Waals surface area contributed by atoms with Crippen molar-refractivity contribution >= 4 is 0 Å². The monoisotopic (exact) mass is 290 g/mol. The van der Waals surface area contributed by atoms with E-state index in [4.69, 9.17) is 0 Å². The number of hydrogen-bond acceptors (Lipinski definition) is 3. The molecule has 3 rings (SSSR count). The van der Waals surface area contributed by atoms with Crippen LogP contribution in [0.3, 0.4) is 0 Å². The lowest BCUT2D eigenvalue weighted by atomic mass is 9.89. The molecule has 3 heterocycles. The Bertz CT molecular complexity index is 389. The standard InChI is InChI=1S/C17H30N4/c1-16(20-10-2-3-11-20)17-6-14-19(15-7-17)9-5-13-21-12-4-8-18-21/h4,8,12,16-17H,2-3,5-7,9-11,13-15H2,1H3/t16-/m1/s1. The lowest BCUT2D eigenvalue weighted by Crippen LogP contribution is -2.43. The quantitative estimate of drug-likeness (QED) is 0.804. The summed E-state index contributed by atoms with van der Waals surface area (Å²) in [4.78, 5) is 5.37. The largest absolute Gasteiger partial charge is 0.303 e. The molecule has 21 heavy (non-hydrogen) atoms. The molecule has 118 valence electrons. The molecule has 0 aromatic carbocycles. The minimum Gasteiger partial charge on any atom is -0.303 e. The molecule has 0 saturated carbocycles. The molecule has 1 aromatic rings. The molecular weight excluding hydrogens is 260 g/mol. The zero-order chi connectivity index (χ0) is 14.5. The third-order valence-corrected chi connectivity index (χ3v) is 5.45. The molecule has 0 radical (unpaired) electrons. The molecule has 0 N–H and O–H groups in total. The van der Waals surface area contributed by atoms with E-state index in [0.717, 1.165) is 18.5 Å². The van der Waals surface area contributed by atoms with Crippen molar-refractivity contribution in [2.45, 2.75) is 51.6 Å². The van der Waals surface area contributed by atoms with E-state index in [2.05, 4.69) is 28.0 Å². The second-order valence-corrected chi connectivity index (χ2v) is 6.79. The summed E-state index contributed by atoms with van der Waals surface area (Å²) in [5.41, 5.74) is 0. The number of hydrogen-bond donors (Lipinski definition) is 0. The fourth-order valence-electron chi connectivity index (χ4n) is 3.99. The van der Waals surface area contributed by atoms with Crippen molar-refractivity contribution in [3.05, 3.63) is 18.5 Å². The lowest BCUT2D eigenvalue weighted by Gasteiger charge is -2.38. The van der Waals surface area contributed by atoms with Gasteiger partial charge in [-0.15, -0.1) is 0 Å². The predicted octanol–water partition coefficient (Wildman–Crippen LogP) is 2.47. The van der Waals surface area contributed by atoms with Gasteiger partial charge in [0.05, 0.1) is 0 Å². The number of likely N-dealkylation sites (tertiary alicyclic amines) is 2. The van der Waals surface area contributed by atoms with Gasteiger partial charge in [0.25, 0.3) is 0 Å². The van der Waals surface area contributed by atoms with Crippen LogP contribution in [0.5, 0.6) is 0 Å². The molecule has 0 amide bonds. The summed E-state index contributed by atoms with van der Waals surface area (Å²) >= 11 is 0. The number of nitrogens with zero attached hydrogens (tertiary/aromatic N) is 4. The topological polar surface area (TPSA) is 24.3 Å². The third kappa shape index (κ3) is 4.07. The van der Waals surface area contributed by atoms with Gasteiger partial charge in [-0.25, -0.2) is 0 Å². The van der Waals surface area contributed by atoms with Crippen LogP contribution in [-0.2, 0) is 6.54 Å². The maximum atomic E-state index is 4.27. The number of rotatable bonds is 6. The normalized spacial score (nSPS) is 23.7. The molecular formula is C17H30N4. The van der Waals surface area contributed by atoms with E-state index in [1.165, 1.54) is 64.8 Å². The molecule has 4 nitrogen and oxygen atoms in total. The van der Waals surface area contributed by atoms with Crippen LogP contribution < -0.4 is 0 Å². The highest BCUT2D eigenvalue weighted by atomic mass is 15.3. The van der Waals surface area contributed by atoms with Gasteiger partial charge in [0.2, 0.25) is 0 Å². The van der Waals surface area contributed by atoms with Crippen molar-refractivity contribution in [2.24, 2.45) is 5.92 Å². The Hall–Kier alpha value is -0.870. The minimum absolute atomic E-state index is 0.804. The Kier molecular flexibility index (Phi) is 5.31. The van der Waals surface area contributed by atoms with E-state index in [9.17, 15) is 0 Å². The Morgan fingerprint density at radius 3 is 2.52 bits per heavy atom. The first-order chi connectivity index (χ1) is 10.3. The predicted molar refractivity (Wildman–Crippen MR) is 86.3 cm³/mol. The summed E-state index contributed by atoms with van der Waals surface area (Å²) in [5.74, 6) is 0.922. The van der Waals surface area contributed by atoms with Crippen LogP contribution in [0.2, 0.25) is 0 Å². The van der Waals surface area contributed by atoms with E-state index in [1.807, 2.05) is 16.9 Å². The molecule has 2 fully saturated rings. The van der Waals surface area contributed by atoms with Crippen molar-refractivity contribution in [1.82, 2.24) is 19.6 Å². The van der Waals surface area contributed by atoms with Gasteiger partial charge in [-0.3, -0.25) is 4.68 Å². The van der Waals surface area contributed by atoms with Gasteiger partial charge < -0.3 is 9.80 Å². The first-order valence-electron chi connectivity index (χ1n) is 8.77. The summed E-state index contributed by atoms with van der Waals surface area (Å²) < 4.78 is 2.04. The van der Waals surface area contributed by atoms with Crippen molar-refractivity contribution in [2.75, 3.05) is 32.7 Å². The van der Waals surface area contributed by atoms with Crippen LogP contribution in [0.15, 0.2) is 18.5 Å². The molecule has 1 atom stereocenters. The second kappa shape index (κ2) is 7.41. The fraction of sp³-hybridized carbons (Fsp3) is 0.824. The lowest BCUT2D eigenvalue weighted by molar-refractivity contribution is 0.110. The van der Waals surface area contributed by atoms with Crippen LogP contribution in [0.25, 0.3) is 0 Å². The van der Waals surface area contributed by atoms with Crippen LogP contribution in [-0.4, -0.2) is 58.3 Å². The molecule has 0 bridgehead atoms. The molecule has 0 unspecified atom stereocenters. The smallest absolute Gasteiger partial charge is 0.0489 e. The molecule has 0 aliphatic carbocycles. The van der Waals surface area contributed by atoms with Crippen molar-refractivity contribution < 1.29 is 0 Å². The van der Waals surface area contributed by atoms with E-state index in [0.29, 0.717) is 0 Å². The maximum Gasteiger partial charge on any atom is 0.0489 e. The van der Waals surface area contributed by atoms with Crippen LogP contribution in [0.1, 0.15) is 39.0 Å². The average Bonchev–Trinajstić information content (AvgIpc) is 3.21. The average molecular weight is 290 g/mol. The van der Waals surface area contributed by atoms with Gasteiger partial charge in [-0.05, 0) is 83.7 Å². The fourth-order valence-corrected chi connectivity index (χ4v) is 3.99. The second-order valence-electron chi connectivity index (χ2n) is 6.79. The van der Waals surface area contributed by atoms with Crippen molar-refractivity contribution in [3.63, 3.8) is 0 Å². The first kappa shape index (κ1) is 15.0. The minimum atomic E-state index is 0.804. The maximum absolute atomic E-state index is 4.27. The van der Waals surface area contributed by atoms with Gasteiger partial charge in [0.15, 0.2) is 0 Å².